The highest BCUT2D eigenvalue weighted by atomic mass is 32.2. The number of allylic oxidation sites excluding steroid dienone is 1. The van der Waals surface area contributed by atoms with E-state index in [1.807, 2.05) is 58.2 Å². The van der Waals surface area contributed by atoms with Gasteiger partial charge in [-0.3, -0.25) is 34.0 Å². The molecule has 4 amide bonds. The van der Waals surface area contributed by atoms with Gasteiger partial charge in [0.2, 0.25) is 29.5 Å². The van der Waals surface area contributed by atoms with Crippen LogP contribution in [0.4, 0.5) is 0 Å². The maximum Gasteiger partial charge on any atom is 0.246 e. The van der Waals surface area contributed by atoms with E-state index in [1.165, 1.54) is 9.78 Å². The number of aromatic nitrogens is 2. The summed E-state index contributed by atoms with van der Waals surface area (Å²) < 4.78 is 34.9. The van der Waals surface area contributed by atoms with Gasteiger partial charge in [0.05, 0.1) is 76.6 Å². The summed E-state index contributed by atoms with van der Waals surface area (Å²) >= 11 is 3.24. The van der Waals surface area contributed by atoms with Gasteiger partial charge in [0.25, 0.3) is 0 Å². The molecule has 4 aliphatic rings. The summed E-state index contributed by atoms with van der Waals surface area (Å²) in [5.74, 6) is -1.35. The quantitative estimate of drug-likeness (QED) is 0.0452. The van der Waals surface area contributed by atoms with Gasteiger partial charge < -0.3 is 59.9 Å². The Morgan fingerprint density at radius 3 is 2.15 bits per heavy atom. The van der Waals surface area contributed by atoms with Gasteiger partial charge in [-0.15, -0.1) is 23.1 Å². The third kappa shape index (κ3) is 17.9. The molecule has 6 N–H and O–H groups in total. The number of rotatable bonds is 31. The van der Waals surface area contributed by atoms with Crippen LogP contribution in [-0.2, 0) is 55.8 Å². The van der Waals surface area contributed by atoms with E-state index in [0.29, 0.717) is 64.6 Å². The van der Waals surface area contributed by atoms with Gasteiger partial charge in [0.1, 0.15) is 42.1 Å². The summed E-state index contributed by atoms with van der Waals surface area (Å²) in [4.78, 5) is 74.8. The van der Waals surface area contributed by atoms with Crippen molar-refractivity contribution in [2.75, 3.05) is 112 Å². The Morgan fingerprint density at radius 1 is 0.900 bits per heavy atom. The zero-order chi connectivity index (χ0) is 57.2. The SMILES string of the molecule is C=N/C(C)=C(\SC)c1ccc(CNC(=O)[C@@H]2C[C@@H](O)CN2C(=O)[C@@H](NC(=O)COCCOCCOCCOCCOCCN2CCN([C@H]3CC[C@H](Oc4ncnc5sc6c(c45)[C@@H](C[C@H](O)C(N)=O)CC6)CC3)CC2)C(C)(C)C)cc1. The molecule has 442 valence electrons. The van der Waals surface area contributed by atoms with Gasteiger partial charge in [-0.05, 0) is 92.9 Å². The largest absolute Gasteiger partial charge is 0.474 e. The minimum Gasteiger partial charge on any atom is -0.474 e. The molecule has 1 aromatic carbocycles. The van der Waals surface area contributed by atoms with Crippen LogP contribution in [0.5, 0.6) is 5.88 Å². The number of thioether (sulfide) groups is 1. The lowest BCUT2D eigenvalue weighted by molar-refractivity contribution is -0.144. The van der Waals surface area contributed by atoms with Crippen molar-refractivity contribution in [1.82, 2.24) is 35.3 Å². The van der Waals surface area contributed by atoms with Crippen molar-refractivity contribution in [3.63, 3.8) is 0 Å². The van der Waals surface area contributed by atoms with E-state index in [0.717, 1.165) is 109 Å². The molecule has 0 radical (unpaired) electrons. The molecule has 0 unspecified atom stereocenters. The van der Waals surface area contributed by atoms with Crippen molar-refractivity contribution in [2.45, 2.75) is 128 Å². The molecular weight excluding hydrogens is 1070 g/mol. The number of thiophene rings is 1. The number of hydrogen-bond acceptors (Lipinski definition) is 19. The number of nitrogens with one attached hydrogen (secondary N) is 2. The third-order valence-electron chi connectivity index (χ3n) is 15.4. The van der Waals surface area contributed by atoms with Gasteiger partial charge in [0.15, 0.2) is 0 Å². The first-order valence-electron chi connectivity index (χ1n) is 28.2. The number of aliphatic hydroxyl groups excluding tert-OH is 2. The Kier molecular flexibility index (Phi) is 24.5. The topological polar surface area (TPSA) is 262 Å². The number of benzene rings is 1. The van der Waals surface area contributed by atoms with E-state index in [2.05, 4.69) is 42.1 Å². The van der Waals surface area contributed by atoms with E-state index in [9.17, 15) is 29.4 Å². The normalized spacial score (nSPS) is 21.9. The molecule has 2 aromatic heterocycles. The molecule has 2 aliphatic heterocycles. The van der Waals surface area contributed by atoms with Gasteiger partial charge in [-0.25, -0.2) is 9.97 Å². The molecule has 0 spiro atoms. The molecule has 2 aliphatic carbocycles. The van der Waals surface area contributed by atoms with Crippen LogP contribution in [0.15, 0.2) is 41.3 Å². The number of amides is 4. The fraction of sp³-hybridized carbons (Fsp3) is 0.667. The number of ether oxygens (including phenoxy) is 6. The first-order valence-corrected chi connectivity index (χ1v) is 30.2. The van der Waals surface area contributed by atoms with Crippen LogP contribution in [0, 0.1) is 5.41 Å². The number of primary amides is 1. The predicted octanol–water partition coefficient (Wildman–Crippen LogP) is 3.91. The monoisotopic (exact) mass is 1150 g/mol. The first-order chi connectivity index (χ1) is 38.5. The maximum atomic E-state index is 14.0. The number of likely N-dealkylation sites (tertiary alicyclic amines) is 1. The first kappa shape index (κ1) is 62.9. The van der Waals surface area contributed by atoms with Crippen molar-refractivity contribution < 1.29 is 57.8 Å². The minimum atomic E-state index is -1.17. The second-order valence-electron chi connectivity index (χ2n) is 22.1. The number of nitrogens with zero attached hydrogens (tertiary/aromatic N) is 6. The highest BCUT2D eigenvalue weighted by Gasteiger charge is 2.44. The van der Waals surface area contributed by atoms with Crippen LogP contribution in [0.1, 0.15) is 100 Å². The van der Waals surface area contributed by atoms with Crippen LogP contribution in [0.25, 0.3) is 15.1 Å². The molecule has 1 saturated carbocycles. The molecule has 2 saturated heterocycles. The Labute approximate surface area is 479 Å². The number of fused-ring (bicyclic) bond motifs is 3. The molecule has 4 heterocycles. The van der Waals surface area contributed by atoms with E-state index in [-0.39, 0.29) is 57.3 Å². The molecule has 80 heavy (non-hydrogen) atoms. The number of carbonyl (C=O) groups is 4. The summed E-state index contributed by atoms with van der Waals surface area (Å²) in [7, 11) is 0. The van der Waals surface area contributed by atoms with E-state index in [4.69, 9.17) is 34.2 Å². The Hall–Kier alpha value is -4.66. The maximum absolute atomic E-state index is 14.0. The summed E-state index contributed by atoms with van der Waals surface area (Å²) in [6.45, 7) is 19.6. The van der Waals surface area contributed by atoms with Crippen molar-refractivity contribution in [3.05, 3.63) is 57.9 Å². The lowest BCUT2D eigenvalue weighted by Crippen LogP contribution is -2.58. The molecule has 5 atom stereocenters. The summed E-state index contributed by atoms with van der Waals surface area (Å²) in [6.07, 6.45) is 7.82. The fourth-order valence-corrected chi connectivity index (χ4v) is 12.9. The van der Waals surface area contributed by atoms with Crippen LogP contribution in [-0.4, -0.2) is 213 Å². The van der Waals surface area contributed by atoms with Crippen molar-refractivity contribution in [3.8, 4) is 5.88 Å². The molecule has 3 aromatic rings. The predicted molar refractivity (Wildman–Crippen MR) is 309 cm³/mol. The minimum absolute atomic E-state index is 0.0215. The van der Waals surface area contributed by atoms with Crippen molar-refractivity contribution in [2.24, 2.45) is 16.1 Å². The lowest BCUT2D eigenvalue weighted by Gasteiger charge is -2.41. The number of aliphatic imine (C=N–C) groups is 1. The average molecular weight is 1150 g/mol. The van der Waals surface area contributed by atoms with E-state index in [1.54, 1.807) is 29.4 Å². The van der Waals surface area contributed by atoms with E-state index < -0.39 is 47.4 Å². The van der Waals surface area contributed by atoms with Crippen LogP contribution >= 0.6 is 23.1 Å². The fourth-order valence-electron chi connectivity index (χ4n) is 11.0. The molecule has 0 bridgehead atoms. The van der Waals surface area contributed by atoms with Crippen LogP contribution in [0.2, 0.25) is 0 Å². The van der Waals surface area contributed by atoms with Crippen molar-refractivity contribution in [1.29, 1.82) is 0 Å². The Bertz CT molecular complexity index is 2530. The number of hydrogen-bond donors (Lipinski definition) is 5. The highest BCUT2D eigenvalue weighted by molar-refractivity contribution is 8.07. The molecule has 3 fully saturated rings. The third-order valence-corrected chi connectivity index (χ3v) is 17.5. The summed E-state index contributed by atoms with van der Waals surface area (Å²) in [5, 5.41) is 27.5. The van der Waals surface area contributed by atoms with Crippen LogP contribution in [0.3, 0.4) is 0 Å². The molecule has 7 rings (SSSR count). The number of aliphatic hydroxyl groups is 2. The average Bonchev–Trinajstić information content (AvgIpc) is 4.29. The number of nitrogens with two attached hydrogens (primary N) is 1. The Balaban J connectivity index is 0.672. The zero-order valence-electron chi connectivity index (χ0n) is 47.4. The number of piperazine rings is 1. The standard InChI is InChI=1S/C57H85N9O12S2/c1-37(59-5)50(79-6)39-9-7-38(8-10-39)33-60-53(71)44-32-42(67)34-66(44)56(72)51(57(2,3)4)63-47(69)35-77-30-29-76-28-27-75-26-25-74-24-23-73-22-21-64-17-19-65(20-18-64)41-12-14-43(15-13-41)78-54-49-48-40(31-45(68)52(58)70)11-16-46(48)80-55(49)62-36-61-54/h7-10,36,40-45,51,67-68H,5,11-35H2,1-4,6H3,(H2,58,70)(H,60,71)(H,63,69)/b50-37-/t40-,41-,42-,43-,44+,45+,51-/m1/s1. The lowest BCUT2D eigenvalue weighted by atomic mass is 9.85. The molecular formula is C57H85N9O12S2. The smallest absolute Gasteiger partial charge is 0.246 e. The number of aryl methyl sites for hydroxylation is 1. The number of β-amino-alcohol motifs (C(OH)–C–C–N with tert-alkyl or cyclic N) is 1. The molecule has 23 heteroatoms. The second-order valence-corrected chi connectivity index (χ2v) is 24.0. The summed E-state index contributed by atoms with van der Waals surface area (Å²) in [5.41, 5.74) is 8.50. The summed E-state index contributed by atoms with van der Waals surface area (Å²) in [6, 6.07) is 6.46. The van der Waals surface area contributed by atoms with Gasteiger partial charge >= 0.3 is 0 Å². The van der Waals surface area contributed by atoms with Gasteiger partial charge in [-0.1, -0.05) is 45.0 Å². The highest BCUT2D eigenvalue weighted by Crippen LogP contribution is 2.48. The van der Waals surface area contributed by atoms with Gasteiger partial charge in [0, 0.05) is 68.1 Å². The van der Waals surface area contributed by atoms with Crippen molar-refractivity contribution >= 4 is 68.6 Å². The zero-order valence-corrected chi connectivity index (χ0v) is 49.0. The molecule has 21 nitrogen and oxygen atoms in total. The van der Waals surface area contributed by atoms with Gasteiger partial charge in [-0.2, -0.15) is 0 Å². The van der Waals surface area contributed by atoms with E-state index >= 15 is 0 Å². The Morgan fingerprint density at radius 2 is 1.54 bits per heavy atom. The van der Waals surface area contributed by atoms with Crippen LogP contribution < -0.4 is 21.1 Å². The number of carbonyl (C=O) groups excluding carboxylic acids is 4. The second kappa shape index (κ2) is 31.1.